The second-order valence-corrected chi connectivity index (χ2v) is 6.08. The van der Waals surface area contributed by atoms with Crippen molar-refractivity contribution in [1.29, 1.82) is 0 Å². The van der Waals surface area contributed by atoms with Gasteiger partial charge in [-0.3, -0.25) is 14.9 Å². The van der Waals surface area contributed by atoms with Crippen LogP contribution in [0.25, 0.3) is 0 Å². The zero-order chi connectivity index (χ0) is 17.0. The van der Waals surface area contributed by atoms with Crippen LogP contribution in [0.4, 0.5) is 11.4 Å². The highest BCUT2D eigenvalue weighted by Crippen LogP contribution is 2.27. The molecule has 0 aliphatic carbocycles. The summed E-state index contributed by atoms with van der Waals surface area (Å²) in [7, 11) is 0. The van der Waals surface area contributed by atoms with Gasteiger partial charge in [-0.05, 0) is 24.5 Å². The Hall–Kier alpha value is -2.15. The third-order valence-corrected chi connectivity index (χ3v) is 3.92. The maximum atomic E-state index is 12.7. The van der Waals surface area contributed by atoms with Gasteiger partial charge in [-0.25, -0.2) is 0 Å². The minimum Gasteiger partial charge on any atom is -0.378 e. The predicted molar refractivity (Wildman–Crippen MR) is 87.5 cm³/mol. The van der Waals surface area contributed by atoms with Crippen molar-refractivity contribution < 1.29 is 14.5 Å². The molecule has 0 spiro atoms. The van der Waals surface area contributed by atoms with E-state index in [9.17, 15) is 14.9 Å². The van der Waals surface area contributed by atoms with Crippen LogP contribution in [0.5, 0.6) is 0 Å². The van der Waals surface area contributed by atoms with Crippen LogP contribution >= 0.6 is 0 Å². The maximum Gasteiger partial charge on any atom is 0.292 e. The van der Waals surface area contributed by atoms with Gasteiger partial charge in [0.2, 0.25) is 5.91 Å². The fraction of sp³-hybridized carbons (Fsp3) is 0.562. The van der Waals surface area contributed by atoms with Gasteiger partial charge < -0.3 is 15.0 Å². The van der Waals surface area contributed by atoms with E-state index in [2.05, 4.69) is 5.32 Å². The lowest BCUT2D eigenvalue weighted by Gasteiger charge is -2.32. The van der Waals surface area contributed by atoms with E-state index >= 15 is 0 Å². The summed E-state index contributed by atoms with van der Waals surface area (Å²) in [6.45, 7) is 7.82. The minimum absolute atomic E-state index is 0.00579. The lowest BCUT2D eigenvalue weighted by molar-refractivity contribution is -0.384. The molecule has 1 aromatic carbocycles. The highest BCUT2D eigenvalue weighted by atomic mass is 16.6. The van der Waals surface area contributed by atoms with Gasteiger partial charge in [-0.1, -0.05) is 19.9 Å². The average molecular weight is 321 g/mol. The Morgan fingerprint density at radius 3 is 2.57 bits per heavy atom. The number of hydrogen-bond donors (Lipinski definition) is 1. The Kier molecular flexibility index (Phi) is 5.54. The summed E-state index contributed by atoms with van der Waals surface area (Å²) in [6, 6.07) is 4.47. The molecule has 1 unspecified atom stereocenters. The Morgan fingerprint density at radius 1 is 1.35 bits per heavy atom. The van der Waals surface area contributed by atoms with E-state index in [4.69, 9.17) is 4.74 Å². The van der Waals surface area contributed by atoms with E-state index in [1.54, 1.807) is 24.0 Å². The first-order chi connectivity index (χ1) is 10.9. The number of ether oxygens (including phenoxy) is 1. The number of carbonyl (C=O) groups is 1. The second kappa shape index (κ2) is 7.41. The second-order valence-electron chi connectivity index (χ2n) is 6.08. The van der Waals surface area contributed by atoms with Crippen molar-refractivity contribution in [2.45, 2.75) is 26.8 Å². The van der Waals surface area contributed by atoms with E-state index in [1.807, 2.05) is 13.8 Å². The van der Waals surface area contributed by atoms with Gasteiger partial charge in [-0.15, -0.1) is 0 Å². The van der Waals surface area contributed by atoms with Gasteiger partial charge in [0.15, 0.2) is 0 Å². The number of anilines is 1. The van der Waals surface area contributed by atoms with Gasteiger partial charge in [0.25, 0.3) is 5.69 Å². The van der Waals surface area contributed by atoms with Crippen molar-refractivity contribution in [2.24, 2.45) is 5.92 Å². The minimum atomic E-state index is -0.505. The molecule has 1 N–H and O–H groups in total. The lowest BCUT2D eigenvalue weighted by Crippen LogP contribution is -2.49. The quantitative estimate of drug-likeness (QED) is 0.664. The summed E-state index contributed by atoms with van der Waals surface area (Å²) < 4.78 is 5.27. The molecule has 1 aliphatic rings. The molecular formula is C16H23N3O4. The number of nitrogens with one attached hydrogen (secondary N) is 1. The van der Waals surface area contributed by atoms with Gasteiger partial charge >= 0.3 is 0 Å². The number of nitro groups is 1. The molecule has 0 aromatic heterocycles. The Balaban J connectivity index is 2.22. The Bertz CT molecular complexity index is 583. The largest absolute Gasteiger partial charge is 0.378 e. The van der Waals surface area contributed by atoms with Crippen LogP contribution in [0.15, 0.2) is 18.2 Å². The number of carbonyl (C=O) groups excluding carboxylic acids is 1. The van der Waals surface area contributed by atoms with Crippen LogP contribution in [-0.2, 0) is 9.53 Å². The normalized spacial score (nSPS) is 16.3. The average Bonchev–Trinajstić information content (AvgIpc) is 2.53. The summed E-state index contributed by atoms with van der Waals surface area (Å²) >= 11 is 0. The summed E-state index contributed by atoms with van der Waals surface area (Å²) in [5.74, 6) is -0.0376. The first-order valence-electron chi connectivity index (χ1n) is 7.78. The summed E-state index contributed by atoms with van der Waals surface area (Å²) in [5, 5.41) is 14.3. The number of nitro benzene ring substituents is 1. The molecule has 1 saturated heterocycles. The van der Waals surface area contributed by atoms with Crippen LogP contribution < -0.4 is 5.32 Å². The lowest BCUT2D eigenvalue weighted by atomic mass is 10.0. The van der Waals surface area contributed by atoms with Crippen LogP contribution in [-0.4, -0.2) is 48.1 Å². The van der Waals surface area contributed by atoms with Gasteiger partial charge in [-0.2, -0.15) is 0 Å². The highest BCUT2D eigenvalue weighted by Gasteiger charge is 2.29. The van der Waals surface area contributed by atoms with Crippen LogP contribution in [0.2, 0.25) is 0 Å². The molecule has 0 bridgehead atoms. The smallest absolute Gasteiger partial charge is 0.292 e. The number of nitrogens with zero attached hydrogens (tertiary/aromatic N) is 2. The van der Waals surface area contributed by atoms with E-state index in [1.165, 1.54) is 6.07 Å². The van der Waals surface area contributed by atoms with Crippen LogP contribution in [0, 0.1) is 23.0 Å². The first-order valence-corrected chi connectivity index (χ1v) is 7.78. The maximum absolute atomic E-state index is 12.7. The predicted octanol–water partition coefficient (Wildman–Crippen LogP) is 2.20. The van der Waals surface area contributed by atoms with Gasteiger partial charge in [0.1, 0.15) is 11.7 Å². The van der Waals surface area contributed by atoms with Crippen molar-refractivity contribution in [3.63, 3.8) is 0 Å². The van der Waals surface area contributed by atoms with Crippen LogP contribution in [0.1, 0.15) is 19.4 Å². The van der Waals surface area contributed by atoms with E-state index in [0.717, 1.165) is 5.56 Å². The fourth-order valence-electron chi connectivity index (χ4n) is 2.58. The molecule has 1 atom stereocenters. The molecule has 1 heterocycles. The molecule has 1 aliphatic heterocycles. The van der Waals surface area contributed by atoms with Crippen molar-refractivity contribution in [1.82, 2.24) is 4.90 Å². The SMILES string of the molecule is Cc1ccc(NC(C(=O)N2CCOCC2)C(C)C)c([N+](=O)[O-])c1. The van der Waals surface area contributed by atoms with Crippen molar-refractivity contribution in [3.05, 3.63) is 33.9 Å². The molecule has 126 valence electrons. The van der Waals surface area contributed by atoms with Crippen molar-refractivity contribution in [2.75, 3.05) is 31.6 Å². The van der Waals surface area contributed by atoms with E-state index in [-0.39, 0.29) is 17.5 Å². The van der Waals surface area contributed by atoms with Crippen molar-refractivity contribution >= 4 is 17.3 Å². The molecule has 7 nitrogen and oxygen atoms in total. The van der Waals surface area contributed by atoms with E-state index in [0.29, 0.717) is 32.0 Å². The zero-order valence-electron chi connectivity index (χ0n) is 13.7. The summed E-state index contributed by atoms with van der Waals surface area (Å²) in [6.07, 6.45) is 0. The molecule has 1 aromatic rings. The number of benzene rings is 1. The molecule has 23 heavy (non-hydrogen) atoms. The number of amides is 1. The van der Waals surface area contributed by atoms with Gasteiger partial charge in [0.05, 0.1) is 18.1 Å². The van der Waals surface area contributed by atoms with E-state index < -0.39 is 11.0 Å². The molecule has 1 fully saturated rings. The molecule has 0 radical (unpaired) electrons. The molecule has 1 amide bonds. The standard InChI is InChI=1S/C16H23N3O4/c1-11(2)15(16(20)18-6-8-23-9-7-18)17-13-5-4-12(3)10-14(13)19(21)22/h4-5,10-11,15,17H,6-9H2,1-3H3. The summed E-state index contributed by atoms with van der Waals surface area (Å²) in [5.41, 5.74) is 1.18. The number of hydrogen-bond acceptors (Lipinski definition) is 5. The van der Waals surface area contributed by atoms with Crippen molar-refractivity contribution in [3.8, 4) is 0 Å². The third kappa shape index (κ3) is 4.19. The number of aryl methyl sites for hydroxylation is 1. The Labute approximate surface area is 135 Å². The molecule has 2 rings (SSSR count). The fourth-order valence-corrected chi connectivity index (χ4v) is 2.58. The molecule has 7 heteroatoms. The van der Waals surface area contributed by atoms with Gasteiger partial charge in [0, 0.05) is 19.2 Å². The highest BCUT2D eigenvalue weighted by molar-refractivity contribution is 5.86. The Morgan fingerprint density at radius 2 is 2.00 bits per heavy atom. The van der Waals surface area contributed by atoms with Crippen LogP contribution in [0.3, 0.4) is 0 Å². The summed E-state index contributed by atoms with van der Waals surface area (Å²) in [4.78, 5) is 25.3. The first kappa shape index (κ1) is 17.2. The molecule has 0 saturated carbocycles. The topological polar surface area (TPSA) is 84.7 Å². The zero-order valence-corrected chi connectivity index (χ0v) is 13.7. The molecular weight excluding hydrogens is 298 g/mol. The monoisotopic (exact) mass is 321 g/mol. The third-order valence-electron chi connectivity index (χ3n) is 3.92. The number of morpholine rings is 1. The number of rotatable bonds is 5.